The van der Waals surface area contributed by atoms with Gasteiger partial charge in [0.2, 0.25) is 0 Å². The molecule has 0 saturated carbocycles. The van der Waals surface area contributed by atoms with Gasteiger partial charge in [-0.25, -0.2) is 4.98 Å². The van der Waals surface area contributed by atoms with Crippen LogP contribution in [0.4, 0.5) is 0 Å². The Kier molecular flexibility index (Phi) is 3.17. The fraction of sp³-hybridized carbons (Fsp3) is 0.375. The van der Waals surface area contributed by atoms with Gasteiger partial charge in [-0.1, -0.05) is 6.08 Å². The summed E-state index contributed by atoms with van der Waals surface area (Å²) in [4.78, 5) is 3.98. The van der Waals surface area contributed by atoms with Gasteiger partial charge in [-0.05, 0) is 12.5 Å². The van der Waals surface area contributed by atoms with Crippen molar-refractivity contribution in [3.8, 4) is 0 Å². The van der Waals surface area contributed by atoms with E-state index in [-0.39, 0.29) is 0 Å². The summed E-state index contributed by atoms with van der Waals surface area (Å²) in [5.74, 6) is 0.675. The molecule has 0 bridgehead atoms. The second kappa shape index (κ2) is 4.19. The van der Waals surface area contributed by atoms with Crippen LogP contribution >= 0.6 is 11.6 Å². The van der Waals surface area contributed by atoms with Crippen LogP contribution in [-0.2, 0) is 7.05 Å². The molecule has 1 rings (SSSR count). The zero-order valence-electron chi connectivity index (χ0n) is 6.50. The number of nitrogens with zero attached hydrogens (tertiary/aromatic N) is 2. The second-order valence-corrected chi connectivity index (χ2v) is 2.69. The van der Waals surface area contributed by atoms with Crippen molar-refractivity contribution in [2.24, 2.45) is 7.05 Å². The van der Waals surface area contributed by atoms with Crippen molar-refractivity contribution in [3.63, 3.8) is 0 Å². The van der Waals surface area contributed by atoms with Gasteiger partial charge in [-0.3, -0.25) is 0 Å². The molecule has 0 fully saturated rings. The maximum atomic E-state index is 5.51. The van der Waals surface area contributed by atoms with Crippen molar-refractivity contribution in [3.05, 3.63) is 24.3 Å². The average molecular weight is 171 g/mol. The first-order valence-corrected chi connectivity index (χ1v) is 4.07. The number of alkyl halides is 1. The highest BCUT2D eigenvalue weighted by atomic mass is 35.5. The molecule has 0 saturated heterocycles. The van der Waals surface area contributed by atoms with Crippen molar-refractivity contribution in [2.75, 3.05) is 5.88 Å². The van der Waals surface area contributed by atoms with Gasteiger partial charge in [0.1, 0.15) is 0 Å². The summed E-state index contributed by atoms with van der Waals surface area (Å²) in [5, 5.41) is 0. The third-order valence-corrected chi connectivity index (χ3v) is 1.64. The van der Waals surface area contributed by atoms with E-state index in [0.29, 0.717) is 5.88 Å². The molecule has 1 aromatic heterocycles. The summed E-state index contributed by atoms with van der Waals surface area (Å²) < 4.78 is 1.96. The highest BCUT2D eigenvalue weighted by molar-refractivity contribution is 6.17. The molecule has 0 N–H and O–H groups in total. The van der Waals surface area contributed by atoms with Crippen LogP contribution in [0.1, 0.15) is 12.1 Å². The van der Waals surface area contributed by atoms with Crippen LogP contribution in [0.15, 0.2) is 18.6 Å². The van der Waals surface area contributed by atoms with Crippen molar-refractivity contribution in [2.45, 2.75) is 6.42 Å². The molecule has 0 aliphatic carbocycles. The maximum Gasteiger partial charge on any atom is 0.0948 e. The second-order valence-electron chi connectivity index (χ2n) is 2.31. The first-order valence-electron chi connectivity index (χ1n) is 3.53. The molecule has 1 heterocycles. The van der Waals surface area contributed by atoms with E-state index in [2.05, 4.69) is 4.98 Å². The lowest BCUT2D eigenvalue weighted by atomic mass is 10.3. The van der Waals surface area contributed by atoms with Gasteiger partial charge in [0.15, 0.2) is 0 Å². The van der Waals surface area contributed by atoms with E-state index >= 15 is 0 Å². The summed E-state index contributed by atoms with van der Waals surface area (Å²) in [6.45, 7) is 0. The summed E-state index contributed by atoms with van der Waals surface area (Å²) >= 11 is 5.51. The monoisotopic (exact) mass is 170 g/mol. The maximum absolute atomic E-state index is 5.51. The van der Waals surface area contributed by atoms with E-state index in [1.807, 2.05) is 30.0 Å². The third-order valence-electron chi connectivity index (χ3n) is 1.42. The average Bonchev–Trinajstić information content (AvgIpc) is 2.37. The molecule has 11 heavy (non-hydrogen) atoms. The lowest BCUT2D eigenvalue weighted by Crippen LogP contribution is -1.86. The molecule has 0 spiro atoms. The molecule has 1 aromatic rings. The molecule has 2 nitrogen and oxygen atoms in total. The van der Waals surface area contributed by atoms with Crippen LogP contribution in [0, 0.1) is 0 Å². The Morgan fingerprint density at radius 1 is 1.73 bits per heavy atom. The molecule has 3 heteroatoms. The van der Waals surface area contributed by atoms with E-state index in [0.717, 1.165) is 12.1 Å². The normalized spacial score (nSPS) is 11.1. The van der Waals surface area contributed by atoms with Crippen molar-refractivity contribution >= 4 is 17.7 Å². The lowest BCUT2D eigenvalue weighted by Gasteiger charge is -1.92. The largest absolute Gasteiger partial charge is 0.334 e. The van der Waals surface area contributed by atoms with Gasteiger partial charge in [-0.15, -0.1) is 11.6 Å². The molecule has 0 radical (unpaired) electrons. The molecule has 0 atom stereocenters. The Morgan fingerprint density at radius 3 is 3.09 bits per heavy atom. The molecule has 0 aliphatic rings. The minimum Gasteiger partial charge on any atom is -0.334 e. The van der Waals surface area contributed by atoms with Crippen LogP contribution in [0.25, 0.3) is 6.08 Å². The standard InChI is InChI=1S/C8H11ClN2/c1-11-7-10-6-8(11)4-2-3-5-9/h2,4,6-7H,3,5H2,1H3. The highest BCUT2D eigenvalue weighted by Gasteiger charge is 1.89. The SMILES string of the molecule is Cn1cncc1C=CCCCl. The van der Waals surface area contributed by atoms with Crippen molar-refractivity contribution in [1.82, 2.24) is 9.55 Å². The van der Waals surface area contributed by atoms with Gasteiger partial charge in [0.25, 0.3) is 0 Å². The number of aryl methyl sites for hydroxylation is 1. The number of halogens is 1. The quantitative estimate of drug-likeness (QED) is 0.635. The van der Waals surface area contributed by atoms with Crippen LogP contribution in [0.3, 0.4) is 0 Å². The Morgan fingerprint density at radius 2 is 2.55 bits per heavy atom. The van der Waals surface area contributed by atoms with Crippen LogP contribution in [-0.4, -0.2) is 15.4 Å². The minimum atomic E-state index is 0.675. The van der Waals surface area contributed by atoms with E-state index in [9.17, 15) is 0 Å². The number of imidazole rings is 1. The van der Waals surface area contributed by atoms with Crippen LogP contribution < -0.4 is 0 Å². The lowest BCUT2D eigenvalue weighted by molar-refractivity contribution is 0.901. The minimum absolute atomic E-state index is 0.675. The predicted molar refractivity (Wildman–Crippen MR) is 47.6 cm³/mol. The van der Waals surface area contributed by atoms with Crippen molar-refractivity contribution < 1.29 is 0 Å². The molecular formula is C8H11ClN2. The highest BCUT2D eigenvalue weighted by Crippen LogP contribution is 2.00. The number of aromatic nitrogens is 2. The van der Waals surface area contributed by atoms with Gasteiger partial charge in [0.05, 0.1) is 18.2 Å². The zero-order chi connectivity index (χ0) is 8.10. The predicted octanol–water partition coefficient (Wildman–Crippen LogP) is 2.06. The number of rotatable bonds is 3. The molecule has 0 amide bonds. The Labute approximate surface area is 71.5 Å². The van der Waals surface area contributed by atoms with Gasteiger partial charge in [-0.2, -0.15) is 0 Å². The van der Waals surface area contributed by atoms with Crippen LogP contribution in [0.5, 0.6) is 0 Å². The molecule has 0 aromatic carbocycles. The summed E-state index contributed by atoms with van der Waals surface area (Å²) in [6, 6.07) is 0. The Bertz CT molecular complexity index is 240. The number of hydrogen-bond donors (Lipinski definition) is 0. The van der Waals surface area contributed by atoms with E-state index in [1.54, 1.807) is 6.33 Å². The topological polar surface area (TPSA) is 17.8 Å². The fourth-order valence-electron chi connectivity index (χ4n) is 0.795. The summed E-state index contributed by atoms with van der Waals surface area (Å²) in [7, 11) is 1.97. The van der Waals surface area contributed by atoms with Gasteiger partial charge in [0, 0.05) is 12.9 Å². The fourth-order valence-corrected chi connectivity index (χ4v) is 0.921. The first-order chi connectivity index (χ1) is 5.34. The first kappa shape index (κ1) is 8.34. The zero-order valence-corrected chi connectivity index (χ0v) is 7.25. The Balaban J connectivity index is 2.56. The Hall–Kier alpha value is -0.760. The summed E-state index contributed by atoms with van der Waals surface area (Å²) in [6.07, 6.45) is 8.58. The molecular weight excluding hydrogens is 160 g/mol. The van der Waals surface area contributed by atoms with E-state index in [1.165, 1.54) is 0 Å². The van der Waals surface area contributed by atoms with Crippen molar-refractivity contribution in [1.29, 1.82) is 0 Å². The molecule has 60 valence electrons. The smallest absolute Gasteiger partial charge is 0.0948 e. The molecule has 0 aliphatic heterocycles. The number of allylic oxidation sites excluding steroid dienone is 1. The van der Waals surface area contributed by atoms with Gasteiger partial charge < -0.3 is 4.57 Å². The van der Waals surface area contributed by atoms with E-state index in [4.69, 9.17) is 11.6 Å². The third kappa shape index (κ3) is 2.39. The van der Waals surface area contributed by atoms with Crippen LogP contribution in [0.2, 0.25) is 0 Å². The van der Waals surface area contributed by atoms with E-state index < -0.39 is 0 Å². The van der Waals surface area contributed by atoms with Gasteiger partial charge >= 0.3 is 0 Å². The summed E-state index contributed by atoms with van der Waals surface area (Å²) in [5.41, 5.74) is 1.11. The molecule has 0 unspecified atom stereocenters. The number of hydrogen-bond acceptors (Lipinski definition) is 1.